The molecule has 0 aromatic rings. The fraction of sp³-hybridized carbons (Fsp3) is 0.700. The van der Waals surface area contributed by atoms with Crippen LogP contribution >= 0.6 is 11.8 Å². The molecule has 2 unspecified atom stereocenters. The van der Waals surface area contributed by atoms with Crippen LogP contribution in [0, 0.1) is 0 Å². The van der Waals surface area contributed by atoms with E-state index < -0.39 is 0 Å². The highest BCUT2D eigenvalue weighted by Crippen LogP contribution is 2.30. The van der Waals surface area contributed by atoms with Gasteiger partial charge in [-0.15, -0.1) is 0 Å². The number of hydrogen-bond acceptors (Lipinski definition) is 2. The Morgan fingerprint density at radius 3 is 2.77 bits per heavy atom. The fourth-order valence-corrected chi connectivity index (χ4v) is 2.59. The standard InChI is InChI=1S/C10H17NOS/c1-4-10(12)11(2)8-5-6-9(7-8)13-3/h4,8-9H,1,5-7H2,2-3H3. The minimum atomic E-state index is 0.0479. The molecule has 1 saturated carbocycles. The molecule has 0 aliphatic heterocycles. The van der Waals surface area contributed by atoms with Crippen molar-refractivity contribution in [2.45, 2.75) is 30.6 Å². The summed E-state index contributed by atoms with van der Waals surface area (Å²) in [7, 11) is 1.87. The SMILES string of the molecule is C=CC(=O)N(C)C1CCC(SC)C1. The maximum atomic E-state index is 11.3. The van der Waals surface area contributed by atoms with Crippen molar-refractivity contribution in [2.24, 2.45) is 0 Å². The van der Waals surface area contributed by atoms with Gasteiger partial charge in [-0.25, -0.2) is 0 Å². The molecule has 13 heavy (non-hydrogen) atoms. The first-order chi connectivity index (χ1) is 6.19. The third kappa shape index (κ3) is 2.50. The molecule has 0 bridgehead atoms. The van der Waals surface area contributed by atoms with Gasteiger partial charge in [0.25, 0.3) is 0 Å². The summed E-state index contributed by atoms with van der Waals surface area (Å²) < 4.78 is 0. The lowest BCUT2D eigenvalue weighted by molar-refractivity contribution is -0.126. The van der Waals surface area contributed by atoms with Crippen LogP contribution < -0.4 is 0 Å². The van der Waals surface area contributed by atoms with Gasteiger partial charge in [-0.3, -0.25) is 4.79 Å². The van der Waals surface area contributed by atoms with Crippen LogP contribution in [0.3, 0.4) is 0 Å². The van der Waals surface area contributed by atoms with Crippen molar-refractivity contribution in [3.63, 3.8) is 0 Å². The number of likely N-dealkylation sites (N-methyl/N-ethyl adjacent to an activating group) is 1. The number of hydrogen-bond donors (Lipinski definition) is 0. The van der Waals surface area contributed by atoms with Crippen molar-refractivity contribution in [1.29, 1.82) is 0 Å². The molecule has 0 heterocycles. The lowest BCUT2D eigenvalue weighted by atomic mass is 10.2. The zero-order chi connectivity index (χ0) is 9.84. The predicted octanol–water partition coefficient (Wildman–Crippen LogP) is 1.91. The van der Waals surface area contributed by atoms with E-state index in [9.17, 15) is 4.79 Å². The summed E-state index contributed by atoms with van der Waals surface area (Å²) in [6.07, 6.45) is 7.05. The number of carbonyl (C=O) groups excluding carboxylic acids is 1. The second kappa shape index (κ2) is 4.70. The first kappa shape index (κ1) is 10.6. The normalized spacial score (nSPS) is 27.2. The molecule has 74 valence electrons. The van der Waals surface area contributed by atoms with Crippen molar-refractivity contribution in [3.8, 4) is 0 Å². The minimum Gasteiger partial charge on any atom is -0.339 e. The van der Waals surface area contributed by atoms with Gasteiger partial charge in [0, 0.05) is 18.3 Å². The average molecular weight is 199 g/mol. The van der Waals surface area contributed by atoms with E-state index in [1.165, 1.54) is 12.5 Å². The van der Waals surface area contributed by atoms with Crippen LogP contribution in [0.5, 0.6) is 0 Å². The van der Waals surface area contributed by atoms with Crippen LogP contribution in [0.25, 0.3) is 0 Å². The van der Waals surface area contributed by atoms with Crippen molar-refractivity contribution >= 4 is 17.7 Å². The number of amides is 1. The zero-order valence-corrected chi connectivity index (χ0v) is 9.14. The molecule has 0 aromatic heterocycles. The van der Waals surface area contributed by atoms with E-state index in [1.807, 2.05) is 23.7 Å². The average Bonchev–Trinajstić information content (AvgIpc) is 2.63. The van der Waals surface area contributed by atoms with Gasteiger partial charge in [0.15, 0.2) is 0 Å². The molecule has 1 aliphatic carbocycles. The Morgan fingerprint density at radius 2 is 2.31 bits per heavy atom. The van der Waals surface area contributed by atoms with Gasteiger partial charge >= 0.3 is 0 Å². The zero-order valence-electron chi connectivity index (χ0n) is 8.32. The number of rotatable bonds is 3. The van der Waals surface area contributed by atoms with Crippen LogP contribution in [-0.2, 0) is 4.79 Å². The highest BCUT2D eigenvalue weighted by molar-refractivity contribution is 7.99. The van der Waals surface area contributed by atoms with Crippen molar-refractivity contribution in [2.75, 3.05) is 13.3 Å². The first-order valence-corrected chi connectivity index (χ1v) is 5.89. The Balaban J connectivity index is 2.45. The van der Waals surface area contributed by atoms with Gasteiger partial charge in [0.2, 0.25) is 5.91 Å². The molecule has 1 amide bonds. The lowest BCUT2D eigenvalue weighted by Gasteiger charge is -2.23. The molecule has 1 fully saturated rings. The minimum absolute atomic E-state index is 0.0479. The molecule has 2 atom stereocenters. The van der Waals surface area contributed by atoms with E-state index in [1.54, 1.807) is 0 Å². The fourth-order valence-electron chi connectivity index (χ4n) is 1.81. The molecule has 0 saturated heterocycles. The topological polar surface area (TPSA) is 20.3 Å². The Hall–Kier alpha value is -0.440. The Labute approximate surface area is 84.4 Å². The first-order valence-electron chi connectivity index (χ1n) is 4.61. The highest BCUT2D eigenvalue weighted by atomic mass is 32.2. The maximum Gasteiger partial charge on any atom is 0.245 e. The third-order valence-electron chi connectivity index (χ3n) is 2.76. The third-order valence-corrected chi connectivity index (χ3v) is 3.85. The highest BCUT2D eigenvalue weighted by Gasteiger charge is 2.28. The molecular formula is C10H17NOS. The Morgan fingerprint density at radius 1 is 1.62 bits per heavy atom. The Kier molecular flexibility index (Phi) is 3.85. The van der Waals surface area contributed by atoms with Crippen LogP contribution in [0.4, 0.5) is 0 Å². The maximum absolute atomic E-state index is 11.3. The quantitative estimate of drug-likeness (QED) is 0.647. The summed E-state index contributed by atoms with van der Waals surface area (Å²) in [6.45, 7) is 3.50. The van der Waals surface area contributed by atoms with Crippen molar-refractivity contribution in [3.05, 3.63) is 12.7 Å². The molecule has 0 aromatic carbocycles. The van der Waals surface area contributed by atoms with Gasteiger partial charge in [-0.05, 0) is 31.6 Å². The van der Waals surface area contributed by atoms with Crippen LogP contribution in [0.15, 0.2) is 12.7 Å². The summed E-state index contributed by atoms with van der Waals surface area (Å²) in [5.74, 6) is 0.0479. The molecule has 3 heteroatoms. The molecule has 1 rings (SSSR count). The second-order valence-electron chi connectivity index (χ2n) is 3.48. The predicted molar refractivity (Wildman–Crippen MR) is 57.9 cm³/mol. The molecule has 0 spiro atoms. The second-order valence-corrected chi connectivity index (χ2v) is 4.62. The van der Waals surface area contributed by atoms with E-state index in [0.717, 1.165) is 18.1 Å². The Bertz CT molecular complexity index is 205. The lowest BCUT2D eigenvalue weighted by Crippen LogP contribution is -2.34. The number of thioether (sulfide) groups is 1. The molecule has 1 aliphatic rings. The molecule has 2 nitrogen and oxygen atoms in total. The number of nitrogens with zero attached hydrogens (tertiary/aromatic N) is 1. The molecule has 0 N–H and O–H groups in total. The van der Waals surface area contributed by atoms with Gasteiger partial charge in [0.05, 0.1) is 0 Å². The smallest absolute Gasteiger partial charge is 0.245 e. The van der Waals surface area contributed by atoms with Crippen LogP contribution in [0.1, 0.15) is 19.3 Å². The summed E-state index contributed by atoms with van der Waals surface area (Å²) in [4.78, 5) is 13.1. The van der Waals surface area contributed by atoms with Gasteiger partial charge in [-0.2, -0.15) is 11.8 Å². The molecule has 0 radical (unpaired) electrons. The summed E-state index contributed by atoms with van der Waals surface area (Å²) in [5, 5.41) is 0.741. The van der Waals surface area contributed by atoms with Crippen LogP contribution in [0.2, 0.25) is 0 Å². The number of carbonyl (C=O) groups is 1. The molecular weight excluding hydrogens is 182 g/mol. The van der Waals surface area contributed by atoms with Gasteiger partial charge in [-0.1, -0.05) is 6.58 Å². The monoisotopic (exact) mass is 199 g/mol. The summed E-state index contributed by atoms with van der Waals surface area (Å²) >= 11 is 1.91. The largest absolute Gasteiger partial charge is 0.339 e. The van der Waals surface area contributed by atoms with E-state index in [-0.39, 0.29) is 5.91 Å². The van der Waals surface area contributed by atoms with E-state index in [4.69, 9.17) is 0 Å². The van der Waals surface area contributed by atoms with E-state index in [2.05, 4.69) is 12.8 Å². The van der Waals surface area contributed by atoms with E-state index >= 15 is 0 Å². The van der Waals surface area contributed by atoms with Gasteiger partial charge in [0.1, 0.15) is 0 Å². The van der Waals surface area contributed by atoms with Crippen molar-refractivity contribution in [1.82, 2.24) is 4.90 Å². The summed E-state index contributed by atoms with van der Waals surface area (Å²) in [6, 6.07) is 0.433. The summed E-state index contributed by atoms with van der Waals surface area (Å²) in [5.41, 5.74) is 0. The van der Waals surface area contributed by atoms with Gasteiger partial charge < -0.3 is 4.90 Å². The van der Waals surface area contributed by atoms with Crippen molar-refractivity contribution < 1.29 is 4.79 Å². The van der Waals surface area contributed by atoms with Crippen LogP contribution in [-0.4, -0.2) is 35.4 Å². The van der Waals surface area contributed by atoms with E-state index in [0.29, 0.717) is 6.04 Å².